The second-order valence-corrected chi connectivity index (χ2v) is 20.6. The largest absolute Gasteiger partial charge is 0.457 e. The van der Waals surface area contributed by atoms with Crippen LogP contribution in [0.15, 0.2) is 285 Å². The Labute approximate surface area is 448 Å². The van der Waals surface area contributed by atoms with Gasteiger partial charge in [0.2, 0.25) is 0 Å². The number of para-hydroxylation sites is 5. The first kappa shape index (κ1) is 43.4. The van der Waals surface area contributed by atoms with Crippen molar-refractivity contribution in [3.63, 3.8) is 0 Å². The minimum atomic E-state index is -0.535. The van der Waals surface area contributed by atoms with E-state index in [1.165, 1.54) is 77.9 Å². The molecule has 0 saturated carbocycles. The zero-order valence-electron chi connectivity index (χ0n) is 41.9. The summed E-state index contributed by atoms with van der Waals surface area (Å²) in [4.78, 5) is 2.41. The number of fused-ring (bicyclic) bond motifs is 18. The van der Waals surface area contributed by atoms with E-state index in [2.05, 4.69) is 290 Å². The van der Waals surface area contributed by atoms with Crippen LogP contribution in [0.25, 0.3) is 55.6 Å². The van der Waals surface area contributed by atoms with Crippen LogP contribution in [0.5, 0.6) is 23.0 Å². The second-order valence-electron chi connectivity index (χ2n) is 20.6. The van der Waals surface area contributed by atoms with Gasteiger partial charge in [-0.05, 0) is 133 Å². The average Bonchev–Trinajstić information content (AvgIpc) is 3.94. The van der Waals surface area contributed by atoms with Crippen molar-refractivity contribution in [2.75, 3.05) is 4.90 Å². The van der Waals surface area contributed by atoms with Crippen molar-refractivity contribution in [3.05, 3.63) is 330 Å². The predicted molar refractivity (Wildman–Crippen MR) is 312 cm³/mol. The van der Waals surface area contributed by atoms with Gasteiger partial charge in [-0.15, -0.1) is 0 Å². The maximum absolute atomic E-state index is 6.64. The summed E-state index contributed by atoms with van der Waals surface area (Å²) in [6, 6.07) is 104. The smallest absolute Gasteiger partial charge is 0.132 e. The lowest BCUT2D eigenvalue weighted by atomic mass is 9.66. The van der Waals surface area contributed by atoms with Gasteiger partial charge in [-0.2, -0.15) is 0 Å². The fourth-order valence-electron chi connectivity index (χ4n) is 13.7. The van der Waals surface area contributed by atoms with Gasteiger partial charge in [0.25, 0.3) is 0 Å². The van der Waals surface area contributed by atoms with Gasteiger partial charge in [-0.3, -0.25) is 0 Å². The lowest BCUT2D eigenvalue weighted by Crippen LogP contribution is -2.32. The molecule has 4 aliphatic rings. The van der Waals surface area contributed by atoms with Gasteiger partial charge in [0.05, 0.1) is 16.5 Å². The summed E-state index contributed by atoms with van der Waals surface area (Å²) in [7, 11) is 0. The summed E-state index contributed by atoms with van der Waals surface area (Å²) in [5.41, 5.74) is 24.0. The summed E-state index contributed by atoms with van der Waals surface area (Å²) in [5.74, 6) is 3.59. The molecule has 3 nitrogen and oxygen atoms in total. The molecule has 2 spiro atoms. The monoisotopic (exact) mass is 981 g/mol. The summed E-state index contributed by atoms with van der Waals surface area (Å²) >= 11 is 0. The lowest BCUT2D eigenvalue weighted by molar-refractivity contribution is 0.436. The molecule has 16 rings (SSSR count). The Hall–Kier alpha value is -9.96. The molecule has 0 N–H and O–H groups in total. The van der Waals surface area contributed by atoms with Crippen molar-refractivity contribution < 1.29 is 9.47 Å². The first-order valence-corrected chi connectivity index (χ1v) is 26.6. The summed E-state index contributed by atoms with van der Waals surface area (Å²) in [5, 5.41) is 0. The van der Waals surface area contributed by atoms with Gasteiger partial charge < -0.3 is 14.4 Å². The highest BCUT2D eigenvalue weighted by atomic mass is 16.5. The van der Waals surface area contributed by atoms with Gasteiger partial charge in [-0.1, -0.05) is 224 Å². The number of hydrogen-bond acceptors (Lipinski definition) is 3. The fraction of sp³-hybridized carbons (Fsp3) is 0.0270. The van der Waals surface area contributed by atoms with Crippen molar-refractivity contribution in [1.82, 2.24) is 0 Å². The molecule has 12 aromatic carbocycles. The number of ether oxygens (including phenoxy) is 2. The van der Waals surface area contributed by atoms with Crippen LogP contribution in [0.3, 0.4) is 0 Å². The predicted octanol–water partition coefficient (Wildman–Crippen LogP) is 19.1. The zero-order chi connectivity index (χ0) is 50.7. The third kappa shape index (κ3) is 6.14. The van der Waals surface area contributed by atoms with Crippen LogP contribution in [0.1, 0.15) is 44.5 Å². The molecule has 0 aromatic heterocycles. The van der Waals surface area contributed by atoms with Gasteiger partial charge in [0.1, 0.15) is 23.0 Å². The Morgan fingerprint density at radius 2 is 0.623 bits per heavy atom. The first-order valence-electron chi connectivity index (χ1n) is 26.6. The van der Waals surface area contributed by atoms with E-state index in [1.807, 2.05) is 0 Å². The molecule has 0 amide bonds. The Kier molecular flexibility index (Phi) is 9.47. The van der Waals surface area contributed by atoms with E-state index < -0.39 is 10.8 Å². The van der Waals surface area contributed by atoms with E-state index in [1.54, 1.807) is 0 Å². The van der Waals surface area contributed by atoms with E-state index in [9.17, 15) is 0 Å². The van der Waals surface area contributed by atoms with Crippen molar-refractivity contribution in [3.8, 4) is 78.6 Å². The molecular weight excluding hydrogens is 935 g/mol. The van der Waals surface area contributed by atoms with E-state index in [0.29, 0.717) is 0 Å². The first-order chi connectivity index (χ1) is 38.2. The lowest BCUT2D eigenvalue weighted by Gasteiger charge is -2.39. The molecule has 0 atom stereocenters. The minimum Gasteiger partial charge on any atom is -0.457 e. The molecule has 3 heteroatoms. The number of nitrogens with zero attached hydrogens (tertiary/aromatic N) is 1. The third-order valence-corrected chi connectivity index (χ3v) is 16.8. The van der Waals surface area contributed by atoms with Crippen LogP contribution in [0.2, 0.25) is 0 Å². The molecule has 2 heterocycles. The number of benzene rings is 12. The van der Waals surface area contributed by atoms with Crippen LogP contribution in [-0.2, 0) is 10.8 Å². The summed E-state index contributed by atoms with van der Waals surface area (Å²) in [6.45, 7) is 0. The van der Waals surface area contributed by atoms with E-state index in [0.717, 1.165) is 62.3 Å². The van der Waals surface area contributed by atoms with Crippen molar-refractivity contribution in [1.29, 1.82) is 0 Å². The average molecular weight is 982 g/mol. The molecule has 360 valence electrons. The van der Waals surface area contributed by atoms with Crippen molar-refractivity contribution in [2.45, 2.75) is 10.8 Å². The van der Waals surface area contributed by atoms with E-state index in [4.69, 9.17) is 9.47 Å². The standard InChI is InChI=1S/C74H47NO2/c1-2-19-49(20-3-1)54-21-6-13-32-67(54)75(52-42-37-48(38-43-52)51-41-46-61-58(47-51)56-22-4-7-25-59(56)73(61)62-27-9-14-33-68(62)76-69-34-15-10-28-63(69)73)53-44-39-50(40-45-53)55-24-18-31-66-72(55)57-23-5-8-26-60(57)74(66)64-29-11-16-35-70(64)77-71-36-17-12-30-65(71)74/h1-47H. The Balaban J connectivity index is 0.816. The van der Waals surface area contributed by atoms with Crippen molar-refractivity contribution in [2.24, 2.45) is 0 Å². The molecule has 77 heavy (non-hydrogen) atoms. The van der Waals surface area contributed by atoms with Crippen molar-refractivity contribution >= 4 is 17.1 Å². The highest BCUT2D eigenvalue weighted by molar-refractivity contribution is 5.98. The number of rotatable bonds is 6. The number of hydrogen-bond donors (Lipinski definition) is 0. The molecule has 0 saturated heterocycles. The number of anilines is 3. The van der Waals surface area contributed by atoms with E-state index >= 15 is 0 Å². The van der Waals surface area contributed by atoms with E-state index in [-0.39, 0.29) is 0 Å². The molecule has 0 unspecified atom stereocenters. The Morgan fingerprint density at radius 1 is 0.234 bits per heavy atom. The quantitative estimate of drug-likeness (QED) is 0.166. The fourth-order valence-corrected chi connectivity index (χ4v) is 13.7. The second kappa shape index (κ2) is 16.8. The molecular formula is C74H47NO2. The maximum Gasteiger partial charge on any atom is 0.132 e. The summed E-state index contributed by atoms with van der Waals surface area (Å²) < 4.78 is 13.2. The minimum absolute atomic E-state index is 0.502. The maximum atomic E-state index is 6.64. The van der Waals surface area contributed by atoms with Gasteiger partial charge in [-0.25, -0.2) is 0 Å². The molecule has 0 fully saturated rings. The topological polar surface area (TPSA) is 21.7 Å². The van der Waals surface area contributed by atoms with Crippen LogP contribution < -0.4 is 14.4 Å². The molecule has 2 aliphatic heterocycles. The Morgan fingerprint density at radius 3 is 1.21 bits per heavy atom. The normalized spacial score (nSPS) is 13.9. The highest BCUT2D eigenvalue weighted by Gasteiger charge is 2.53. The molecule has 12 aromatic rings. The van der Waals surface area contributed by atoms with Gasteiger partial charge in [0.15, 0.2) is 0 Å². The van der Waals surface area contributed by atoms with Crippen LogP contribution in [0.4, 0.5) is 17.1 Å². The van der Waals surface area contributed by atoms with Crippen LogP contribution >= 0.6 is 0 Å². The highest BCUT2D eigenvalue weighted by Crippen LogP contribution is 2.65. The molecule has 2 aliphatic carbocycles. The molecule has 0 radical (unpaired) electrons. The Bertz CT molecular complexity index is 4250. The zero-order valence-corrected chi connectivity index (χ0v) is 41.9. The van der Waals surface area contributed by atoms with Crippen LogP contribution in [0, 0.1) is 0 Å². The molecule has 0 bridgehead atoms. The van der Waals surface area contributed by atoms with Gasteiger partial charge >= 0.3 is 0 Å². The summed E-state index contributed by atoms with van der Waals surface area (Å²) in [6.07, 6.45) is 0. The third-order valence-electron chi connectivity index (χ3n) is 16.8. The van der Waals surface area contributed by atoms with Gasteiger partial charge in [0, 0.05) is 39.2 Å². The SMILES string of the molecule is c1ccc(-c2ccccc2N(c2ccc(-c3ccc4c(c3)-c3ccccc3C43c4ccccc4Oc4ccccc43)cc2)c2ccc(-c3cccc4c3-c3ccccc3C43c4ccccc4Oc4ccccc43)cc2)cc1. The van der Waals surface area contributed by atoms with Crippen LogP contribution in [-0.4, -0.2) is 0 Å².